The molecular weight excluding hydrogens is 482 g/mol. The lowest BCUT2D eigenvalue weighted by Gasteiger charge is -2.56. The minimum Gasteiger partial charge on any atom is -0.342 e. The molecule has 0 bridgehead atoms. The molecule has 1 aliphatic carbocycles. The van der Waals surface area contributed by atoms with Crippen LogP contribution in [0.4, 0.5) is 0 Å². The van der Waals surface area contributed by atoms with Crippen LogP contribution in [0.25, 0.3) is 16.2 Å². The number of imidazole rings is 1. The van der Waals surface area contributed by atoms with Crippen LogP contribution in [0.2, 0.25) is 0 Å². The summed E-state index contributed by atoms with van der Waals surface area (Å²) in [5.74, 6) is 0.192. The van der Waals surface area contributed by atoms with Crippen LogP contribution in [0.3, 0.4) is 0 Å². The van der Waals surface area contributed by atoms with Crippen molar-refractivity contribution in [3.8, 4) is 11.3 Å². The highest BCUT2D eigenvalue weighted by Crippen LogP contribution is 2.48. The Morgan fingerprint density at radius 1 is 1.11 bits per heavy atom. The number of amides is 1. The highest BCUT2D eigenvalue weighted by Gasteiger charge is 2.48. The number of nitrogens with zero attached hydrogens (tertiary/aromatic N) is 7. The molecule has 2 saturated heterocycles. The van der Waals surface area contributed by atoms with Gasteiger partial charge in [0.2, 0.25) is 10.9 Å². The molecule has 4 aromatic rings. The van der Waals surface area contributed by atoms with Crippen LogP contribution in [0.5, 0.6) is 0 Å². The minimum atomic E-state index is 0.192. The third kappa shape index (κ3) is 4.05. The van der Waals surface area contributed by atoms with Crippen molar-refractivity contribution in [3.63, 3.8) is 0 Å². The normalized spacial score (nSPS) is 20.9. The highest BCUT2D eigenvalue weighted by molar-refractivity contribution is 7.16. The summed E-state index contributed by atoms with van der Waals surface area (Å²) >= 11 is 1.56. The largest absolute Gasteiger partial charge is 0.342 e. The molecule has 0 N–H and O–H groups in total. The summed E-state index contributed by atoms with van der Waals surface area (Å²) in [5, 5.41) is 5.46. The van der Waals surface area contributed by atoms with Gasteiger partial charge < -0.3 is 4.90 Å². The molecule has 1 amide bonds. The van der Waals surface area contributed by atoms with Gasteiger partial charge in [-0.2, -0.15) is 5.10 Å². The number of likely N-dealkylation sites (tertiary alicyclic amines) is 2. The van der Waals surface area contributed by atoms with Gasteiger partial charge in [0, 0.05) is 43.5 Å². The van der Waals surface area contributed by atoms with E-state index in [1.54, 1.807) is 23.9 Å². The number of aromatic nitrogens is 5. The van der Waals surface area contributed by atoms with Crippen LogP contribution in [0, 0.1) is 19.3 Å². The van der Waals surface area contributed by atoms with Crippen molar-refractivity contribution in [1.29, 1.82) is 0 Å². The third-order valence-electron chi connectivity index (χ3n) is 8.57. The van der Waals surface area contributed by atoms with Crippen LogP contribution < -0.4 is 0 Å². The second kappa shape index (κ2) is 8.70. The second-order valence-electron chi connectivity index (χ2n) is 11.0. The molecule has 1 aromatic carbocycles. The Balaban J connectivity index is 0.962. The fourth-order valence-electron chi connectivity index (χ4n) is 6.55. The molecule has 1 atom stereocenters. The molecule has 9 heteroatoms. The third-order valence-corrected chi connectivity index (χ3v) is 9.41. The maximum absolute atomic E-state index is 13.0. The van der Waals surface area contributed by atoms with Gasteiger partial charge in [0.25, 0.3) is 0 Å². The standard InChI is InChI=1S/C28H31N7OS/c1-18-11-24(31-17-30-18)21-3-5-23-20(12-21)4-6-25(23)34-15-28(16-34)7-9-33(10-8-28)26(36)13-22-14-29-27-35(22)32-19(2)37-27/h3,5,11-12,14,17,25H,4,6-10,13,15-16H2,1-2H3/t25-/m1/s1. The van der Waals surface area contributed by atoms with Crippen molar-refractivity contribution in [2.75, 3.05) is 26.2 Å². The maximum atomic E-state index is 13.0. The molecule has 2 aliphatic heterocycles. The summed E-state index contributed by atoms with van der Waals surface area (Å²) in [6, 6.07) is 9.45. The van der Waals surface area contributed by atoms with Crippen LogP contribution >= 0.6 is 11.3 Å². The molecule has 0 saturated carbocycles. The van der Waals surface area contributed by atoms with E-state index in [4.69, 9.17) is 0 Å². The topological polar surface area (TPSA) is 79.5 Å². The van der Waals surface area contributed by atoms with Crippen LogP contribution in [0.15, 0.2) is 36.8 Å². The van der Waals surface area contributed by atoms with Gasteiger partial charge in [-0.15, -0.1) is 0 Å². The van der Waals surface area contributed by atoms with Crippen molar-refractivity contribution < 1.29 is 4.79 Å². The van der Waals surface area contributed by atoms with Crippen molar-refractivity contribution in [1.82, 2.24) is 34.4 Å². The first-order valence-corrected chi connectivity index (χ1v) is 14.0. The Hall–Kier alpha value is -3.17. The van der Waals surface area contributed by atoms with Crippen molar-refractivity contribution in [2.45, 2.75) is 52.0 Å². The molecule has 7 rings (SSSR count). The SMILES string of the molecule is Cc1cc(-c2ccc3c(c2)CC[C@H]3N2CC3(CCN(C(=O)Cc4cnc5sc(C)nn45)CC3)C2)ncn1. The van der Waals surface area contributed by atoms with E-state index in [1.165, 1.54) is 23.1 Å². The molecule has 37 heavy (non-hydrogen) atoms. The molecule has 1 spiro atoms. The van der Waals surface area contributed by atoms with E-state index in [0.29, 0.717) is 17.9 Å². The number of carbonyl (C=O) groups is 1. The molecule has 3 aromatic heterocycles. The van der Waals surface area contributed by atoms with Gasteiger partial charge in [0.05, 0.1) is 24.0 Å². The maximum Gasteiger partial charge on any atom is 0.228 e. The van der Waals surface area contributed by atoms with Gasteiger partial charge in [-0.05, 0) is 68.2 Å². The zero-order valence-corrected chi connectivity index (χ0v) is 22.2. The second-order valence-corrected chi connectivity index (χ2v) is 12.2. The summed E-state index contributed by atoms with van der Waals surface area (Å²) in [4.78, 5) is 31.7. The first kappa shape index (κ1) is 23.0. The summed E-state index contributed by atoms with van der Waals surface area (Å²) in [5.41, 5.74) is 7.39. The Labute approximate surface area is 220 Å². The lowest BCUT2D eigenvalue weighted by molar-refractivity contribution is -0.136. The smallest absolute Gasteiger partial charge is 0.228 e. The average Bonchev–Trinajstić information content (AvgIpc) is 3.57. The van der Waals surface area contributed by atoms with Crippen LogP contribution in [0.1, 0.15) is 52.8 Å². The first-order valence-electron chi connectivity index (χ1n) is 13.2. The molecule has 190 valence electrons. The fraction of sp³-hybridized carbons (Fsp3) is 0.464. The van der Waals surface area contributed by atoms with Crippen molar-refractivity contribution in [3.05, 3.63) is 64.3 Å². The van der Waals surface area contributed by atoms with E-state index in [0.717, 1.165) is 72.5 Å². The van der Waals surface area contributed by atoms with E-state index in [1.807, 2.05) is 23.3 Å². The summed E-state index contributed by atoms with van der Waals surface area (Å²) in [6.07, 6.45) is 8.33. The van der Waals surface area contributed by atoms with E-state index >= 15 is 0 Å². The molecular formula is C28H31N7OS. The number of rotatable bonds is 4. The first-order chi connectivity index (χ1) is 18.0. The molecule has 2 fully saturated rings. The van der Waals surface area contributed by atoms with E-state index in [2.05, 4.69) is 49.2 Å². The monoisotopic (exact) mass is 513 g/mol. The van der Waals surface area contributed by atoms with E-state index in [-0.39, 0.29) is 5.91 Å². The summed E-state index contributed by atoms with van der Waals surface area (Å²) in [7, 11) is 0. The number of hydrogen-bond acceptors (Lipinski definition) is 7. The predicted octanol–water partition coefficient (Wildman–Crippen LogP) is 4.02. The minimum absolute atomic E-state index is 0.192. The van der Waals surface area contributed by atoms with Gasteiger partial charge >= 0.3 is 0 Å². The number of aryl methyl sites for hydroxylation is 3. The average molecular weight is 514 g/mol. The number of carbonyl (C=O) groups excluding carboxylic acids is 1. The highest BCUT2D eigenvalue weighted by atomic mass is 32.1. The summed E-state index contributed by atoms with van der Waals surface area (Å²) < 4.78 is 1.82. The molecule has 3 aliphatic rings. The van der Waals surface area contributed by atoms with Gasteiger partial charge in [-0.3, -0.25) is 9.69 Å². The molecule has 8 nitrogen and oxygen atoms in total. The van der Waals surface area contributed by atoms with Gasteiger partial charge in [-0.25, -0.2) is 19.5 Å². The Morgan fingerprint density at radius 2 is 1.95 bits per heavy atom. The molecule has 5 heterocycles. The quantitative estimate of drug-likeness (QED) is 0.410. The fourth-order valence-corrected chi connectivity index (χ4v) is 7.28. The van der Waals surface area contributed by atoms with Gasteiger partial charge in [-0.1, -0.05) is 23.5 Å². The Bertz CT molecular complexity index is 1490. The number of hydrogen-bond donors (Lipinski definition) is 0. The summed E-state index contributed by atoms with van der Waals surface area (Å²) in [6.45, 7) is 7.98. The van der Waals surface area contributed by atoms with Gasteiger partial charge in [0.1, 0.15) is 11.3 Å². The Morgan fingerprint density at radius 3 is 2.76 bits per heavy atom. The van der Waals surface area contributed by atoms with Gasteiger partial charge in [0.15, 0.2) is 0 Å². The zero-order chi connectivity index (χ0) is 25.1. The van der Waals surface area contributed by atoms with Crippen LogP contribution in [-0.4, -0.2) is 66.5 Å². The predicted molar refractivity (Wildman–Crippen MR) is 142 cm³/mol. The molecule has 0 radical (unpaired) electrons. The number of piperidine rings is 1. The lowest BCUT2D eigenvalue weighted by Crippen LogP contribution is -2.61. The number of fused-ring (bicyclic) bond motifs is 2. The van der Waals surface area contributed by atoms with E-state index < -0.39 is 0 Å². The van der Waals surface area contributed by atoms with Crippen LogP contribution in [-0.2, 0) is 17.6 Å². The zero-order valence-electron chi connectivity index (χ0n) is 21.4. The Kier molecular flexibility index (Phi) is 5.40. The van der Waals surface area contributed by atoms with E-state index in [9.17, 15) is 4.79 Å². The number of benzene rings is 1. The molecule has 0 unspecified atom stereocenters. The lowest BCUT2D eigenvalue weighted by atomic mass is 9.71. The van der Waals surface area contributed by atoms with Crippen molar-refractivity contribution in [2.24, 2.45) is 5.41 Å². The van der Waals surface area contributed by atoms with Crippen molar-refractivity contribution >= 4 is 22.2 Å².